The molecule has 1 heterocycles. The molecule has 0 amide bonds. The molecule has 0 atom stereocenters. The third-order valence-corrected chi connectivity index (χ3v) is 3.38. The molecule has 0 bridgehead atoms. The average Bonchev–Trinajstić information content (AvgIpc) is 2.86. The van der Waals surface area contributed by atoms with Gasteiger partial charge in [0.25, 0.3) is 0 Å². The second kappa shape index (κ2) is 3.73. The van der Waals surface area contributed by atoms with Crippen LogP contribution in [-0.2, 0) is 6.42 Å². The molecule has 77 valence electrons. The van der Waals surface area contributed by atoms with Gasteiger partial charge in [-0.3, -0.25) is 0 Å². The summed E-state index contributed by atoms with van der Waals surface area (Å²) in [6.07, 6.45) is 6.68. The summed E-state index contributed by atoms with van der Waals surface area (Å²) in [6, 6.07) is 11.2. The minimum Gasteiger partial charge on any atom is -0.461 e. The van der Waals surface area contributed by atoms with Crippen LogP contribution in [-0.4, -0.2) is 0 Å². The van der Waals surface area contributed by atoms with Gasteiger partial charge in [-0.15, -0.1) is 0 Å². The summed E-state index contributed by atoms with van der Waals surface area (Å²) in [5.41, 5.74) is 1.00. The minimum atomic E-state index is 0.856. The van der Waals surface area contributed by atoms with E-state index in [1.54, 1.807) is 0 Å². The zero-order chi connectivity index (χ0) is 10.1. The summed E-state index contributed by atoms with van der Waals surface area (Å²) in [5.74, 6) is 2.01. The van der Waals surface area contributed by atoms with Crippen LogP contribution in [0.3, 0.4) is 0 Å². The van der Waals surface area contributed by atoms with Crippen LogP contribution >= 0.6 is 0 Å². The van der Waals surface area contributed by atoms with Crippen LogP contribution in [0.1, 0.15) is 31.4 Å². The van der Waals surface area contributed by atoms with Gasteiger partial charge in [0.2, 0.25) is 0 Å². The normalized spacial score (nSPS) is 17.6. The van der Waals surface area contributed by atoms with Crippen molar-refractivity contribution in [3.05, 3.63) is 36.1 Å². The summed E-state index contributed by atoms with van der Waals surface area (Å²) >= 11 is 0. The van der Waals surface area contributed by atoms with Crippen LogP contribution in [0.5, 0.6) is 0 Å². The third-order valence-electron chi connectivity index (χ3n) is 3.38. The molecule has 1 aliphatic rings. The van der Waals surface area contributed by atoms with Gasteiger partial charge in [0.05, 0.1) is 0 Å². The van der Waals surface area contributed by atoms with Gasteiger partial charge in [0.1, 0.15) is 11.3 Å². The molecule has 1 aliphatic carbocycles. The highest BCUT2D eigenvalue weighted by atomic mass is 16.3. The maximum absolute atomic E-state index is 5.81. The predicted molar refractivity (Wildman–Crippen MR) is 60.7 cm³/mol. The van der Waals surface area contributed by atoms with E-state index in [1.165, 1.54) is 31.1 Å². The third kappa shape index (κ3) is 1.79. The first-order chi connectivity index (χ1) is 7.42. The molecule has 1 radical (unpaired) electrons. The summed E-state index contributed by atoms with van der Waals surface area (Å²) in [5, 5.41) is 1.19. The Morgan fingerprint density at radius 3 is 3.00 bits per heavy atom. The number of hydrogen-bond acceptors (Lipinski definition) is 1. The molecule has 0 N–H and O–H groups in total. The lowest BCUT2D eigenvalue weighted by atomic mass is 10.0. The fourth-order valence-corrected chi connectivity index (χ4v) is 2.58. The SMILES string of the molecule is [c]1ccc2oc(CC3CCCC3)cc2c1. The number of benzene rings is 1. The quantitative estimate of drug-likeness (QED) is 0.713. The molecule has 0 spiro atoms. The highest BCUT2D eigenvalue weighted by Gasteiger charge is 2.17. The molecule has 2 aromatic rings. The largest absolute Gasteiger partial charge is 0.461 e. The van der Waals surface area contributed by atoms with Crippen molar-refractivity contribution < 1.29 is 4.42 Å². The lowest BCUT2D eigenvalue weighted by Gasteiger charge is -2.04. The molecule has 15 heavy (non-hydrogen) atoms. The van der Waals surface area contributed by atoms with Gasteiger partial charge in [-0.1, -0.05) is 31.7 Å². The lowest BCUT2D eigenvalue weighted by Crippen LogP contribution is -1.96. The van der Waals surface area contributed by atoms with Crippen LogP contribution in [0.15, 0.2) is 28.7 Å². The number of fused-ring (bicyclic) bond motifs is 1. The Labute approximate surface area is 90.1 Å². The number of hydrogen-bond donors (Lipinski definition) is 0. The lowest BCUT2D eigenvalue weighted by molar-refractivity contribution is 0.463. The zero-order valence-electron chi connectivity index (χ0n) is 8.83. The van der Waals surface area contributed by atoms with Crippen molar-refractivity contribution in [2.45, 2.75) is 32.1 Å². The molecule has 3 rings (SSSR count). The molecule has 0 unspecified atom stereocenters. The van der Waals surface area contributed by atoms with Crippen LogP contribution in [0, 0.1) is 12.0 Å². The molecule has 1 aromatic heterocycles. The van der Waals surface area contributed by atoms with E-state index in [0.29, 0.717) is 0 Å². The fraction of sp³-hybridized carbons (Fsp3) is 0.429. The Morgan fingerprint density at radius 1 is 1.33 bits per heavy atom. The van der Waals surface area contributed by atoms with E-state index in [2.05, 4.69) is 12.1 Å². The fourth-order valence-electron chi connectivity index (χ4n) is 2.58. The van der Waals surface area contributed by atoms with Gasteiger partial charge in [-0.25, -0.2) is 0 Å². The standard InChI is InChI=1S/C14H15O/c1-2-6-11(5-1)9-13-10-12-7-3-4-8-14(12)15-13/h4,7-8,10-11H,1-2,5-6,9H2. The maximum Gasteiger partial charge on any atom is 0.134 e. The Hall–Kier alpha value is -1.24. The van der Waals surface area contributed by atoms with E-state index in [9.17, 15) is 0 Å². The Balaban J connectivity index is 1.84. The van der Waals surface area contributed by atoms with Crippen molar-refractivity contribution in [2.75, 3.05) is 0 Å². The molecule has 0 aliphatic heterocycles. The van der Waals surface area contributed by atoms with Crippen molar-refractivity contribution in [3.8, 4) is 0 Å². The Kier molecular flexibility index (Phi) is 2.24. The number of furan rings is 1. The Bertz CT molecular complexity index is 416. The van der Waals surface area contributed by atoms with Gasteiger partial charge in [0.15, 0.2) is 0 Å². The first kappa shape index (κ1) is 9.02. The van der Waals surface area contributed by atoms with Crippen molar-refractivity contribution in [2.24, 2.45) is 5.92 Å². The monoisotopic (exact) mass is 199 g/mol. The first-order valence-electron chi connectivity index (χ1n) is 5.80. The molecule has 1 fully saturated rings. The second-order valence-electron chi connectivity index (χ2n) is 4.53. The van der Waals surface area contributed by atoms with Gasteiger partial charge in [-0.05, 0) is 30.2 Å². The van der Waals surface area contributed by atoms with Crippen LogP contribution in [0.2, 0.25) is 0 Å². The molecular formula is C14H15O. The van der Waals surface area contributed by atoms with Gasteiger partial charge in [0, 0.05) is 11.8 Å². The van der Waals surface area contributed by atoms with E-state index in [1.807, 2.05) is 18.2 Å². The second-order valence-corrected chi connectivity index (χ2v) is 4.53. The Morgan fingerprint density at radius 2 is 2.20 bits per heavy atom. The molecule has 1 heteroatoms. The smallest absolute Gasteiger partial charge is 0.134 e. The first-order valence-corrected chi connectivity index (χ1v) is 5.80. The van der Waals surface area contributed by atoms with Crippen molar-refractivity contribution in [1.29, 1.82) is 0 Å². The van der Waals surface area contributed by atoms with Crippen molar-refractivity contribution >= 4 is 11.0 Å². The van der Waals surface area contributed by atoms with E-state index in [0.717, 1.165) is 23.7 Å². The highest BCUT2D eigenvalue weighted by molar-refractivity contribution is 5.77. The van der Waals surface area contributed by atoms with Crippen molar-refractivity contribution in [3.63, 3.8) is 0 Å². The molecule has 1 saturated carbocycles. The van der Waals surface area contributed by atoms with E-state index in [4.69, 9.17) is 4.42 Å². The average molecular weight is 199 g/mol. The predicted octanol–water partition coefficient (Wildman–Crippen LogP) is 3.97. The summed E-state index contributed by atoms with van der Waals surface area (Å²) in [7, 11) is 0. The van der Waals surface area contributed by atoms with E-state index < -0.39 is 0 Å². The van der Waals surface area contributed by atoms with Gasteiger partial charge >= 0.3 is 0 Å². The van der Waals surface area contributed by atoms with Gasteiger partial charge in [-0.2, -0.15) is 0 Å². The molecular weight excluding hydrogens is 184 g/mol. The van der Waals surface area contributed by atoms with Crippen LogP contribution < -0.4 is 0 Å². The number of rotatable bonds is 2. The minimum absolute atomic E-state index is 0.856. The summed E-state index contributed by atoms with van der Waals surface area (Å²) < 4.78 is 5.81. The summed E-state index contributed by atoms with van der Waals surface area (Å²) in [6.45, 7) is 0. The zero-order valence-corrected chi connectivity index (χ0v) is 8.83. The summed E-state index contributed by atoms with van der Waals surface area (Å²) in [4.78, 5) is 0. The molecule has 1 aromatic carbocycles. The molecule has 1 nitrogen and oxygen atoms in total. The van der Waals surface area contributed by atoms with Crippen molar-refractivity contribution in [1.82, 2.24) is 0 Å². The van der Waals surface area contributed by atoms with Gasteiger partial charge < -0.3 is 4.42 Å². The highest BCUT2D eigenvalue weighted by Crippen LogP contribution is 2.29. The van der Waals surface area contributed by atoms with Crippen LogP contribution in [0.4, 0.5) is 0 Å². The van der Waals surface area contributed by atoms with Crippen LogP contribution in [0.25, 0.3) is 11.0 Å². The van der Waals surface area contributed by atoms with E-state index >= 15 is 0 Å². The maximum atomic E-state index is 5.81. The topological polar surface area (TPSA) is 13.1 Å². The van der Waals surface area contributed by atoms with E-state index in [-0.39, 0.29) is 0 Å². The molecule has 0 saturated heterocycles.